The van der Waals surface area contributed by atoms with Crippen molar-refractivity contribution in [2.24, 2.45) is 0 Å². The number of ether oxygens (including phenoxy) is 2. The molecule has 3 atom stereocenters. The summed E-state index contributed by atoms with van der Waals surface area (Å²) in [6.07, 6.45) is -1.71. The second-order valence-corrected chi connectivity index (χ2v) is 8.65. The topological polar surface area (TPSA) is 64.6 Å². The van der Waals surface area contributed by atoms with Crippen LogP contribution in [0.4, 0.5) is 18.0 Å². The Kier molecular flexibility index (Phi) is 7.93. The first-order chi connectivity index (χ1) is 14.8. The van der Waals surface area contributed by atoms with E-state index in [2.05, 4.69) is 5.32 Å². The molecule has 1 N–H and O–H groups in total. The molecule has 0 aliphatic carbocycles. The summed E-state index contributed by atoms with van der Waals surface area (Å²) in [5, 5.41) is 2.39. The average molecular weight is 451 g/mol. The maximum absolute atomic E-state index is 14.7. The fourth-order valence-electron chi connectivity index (χ4n) is 3.31. The van der Waals surface area contributed by atoms with Crippen LogP contribution in [0.5, 0.6) is 0 Å². The van der Waals surface area contributed by atoms with Gasteiger partial charge in [-0.3, -0.25) is 0 Å². The van der Waals surface area contributed by atoms with E-state index in [0.717, 1.165) is 12.1 Å². The standard InChI is InChI=1S/C24H28F3NO4/c1-13-11-16(25)7-9-18(13)21(19-10-8-17(26)12-20(19)27)15(3)31-22(29)14(2)28-23(30)32-24(4,5)6/h7-12,14-15,21H,1-6H3,(H,28,30)/t14-,15-,21-/m0/s1. The predicted molar refractivity (Wildman–Crippen MR) is 114 cm³/mol. The van der Waals surface area contributed by atoms with E-state index in [1.54, 1.807) is 34.6 Å². The van der Waals surface area contributed by atoms with Gasteiger partial charge in [-0.2, -0.15) is 0 Å². The smallest absolute Gasteiger partial charge is 0.408 e. The number of alkyl carbamates (subject to hydrolysis) is 1. The van der Waals surface area contributed by atoms with Gasteiger partial charge in [-0.1, -0.05) is 12.1 Å². The summed E-state index contributed by atoms with van der Waals surface area (Å²) in [6, 6.07) is 6.05. The maximum atomic E-state index is 14.7. The second kappa shape index (κ2) is 10.1. The highest BCUT2D eigenvalue weighted by molar-refractivity contribution is 5.81. The van der Waals surface area contributed by atoms with Gasteiger partial charge in [-0.15, -0.1) is 0 Å². The van der Waals surface area contributed by atoms with E-state index in [1.165, 1.54) is 31.2 Å². The molecule has 5 nitrogen and oxygen atoms in total. The molecule has 0 aliphatic heterocycles. The lowest BCUT2D eigenvalue weighted by Crippen LogP contribution is -2.43. The molecule has 1 amide bonds. The predicted octanol–water partition coefficient (Wildman–Crippen LogP) is 5.39. The van der Waals surface area contributed by atoms with E-state index in [1.807, 2.05) is 0 Å². The third-order valence-electron chi connectivity index (χ3n) is 4.72. The van der Waals surface area contributed by atoms with Gasteiger partial charge in [-0.25, -0.2) is 22.8 Å². The highest BCUT2D eigenvalue weighted by Crippen LogP contribution is 2.34. The molecule has 0 saturated carbocycles. The van der Waals surface area contributed by atoms with E-state index in [9.17, 15) is 22.8 Å². The van der Waals surface area contributed by atoms with Crippen LogP contribution >= 0.6 is 0 Å². The Labute approximate surface area is 185 Å². The molecule has 32 heavy (non-hydrogen) atoms. The number of aryl methyl sites for hydroxylation is 1. The summed E-state index contributed by atoms with van der Waals surface area (Å²) < 4.78 is 52.4. The maximum Gasteiger partial charge on any atom is 0.408 e. The summed E-state index contributed by atoms with van der Waals surface area (Å²) in [5.41, 5.74) is 0.382. The Morgan fingerprint density at radius 2 is 1.50 bits per heavy atom. The molecule has 174 valence electrons. The molecule has 2 aromatic carbocycles. The van der Waals surface area contributed by atoms with Crippen molar-refractivity contribution < 1.29 is 32.2 Å². The van der Waals surface area contributed by atoms with Gasteiger partial charge in [0.25, 0.3) is 0 Å². The van der Waals surface area contributed by atoms with Gasteiger partial charge in [0, 0.05) is 12.0 Å². The quantitative estimate of drug-likeness (QED) is 0.598. The normalized spacial score (nSPS) is 14.3. The summed E-state index contributed by atoms with van der Waals surface area (Å²) in [4.78, 5) is 24.5. The number of benzene rings is 2. The van der Waals surface area contributed by atoms with Crippen LogP contribution in [0.2, 0.25) is 0 Å². The van der Waals surface area contributed by atoms with Crippen molar-refractivity contribution in [3.05, 3.63) is 70.5 Å². The zero-order valence-electron chi connectivity index (χ0n) is 19.0. The number of halogens is 3. The van der Waals surface area contributed by atoms with Gasteiger partial charge in [0.2, 0.25) is 0 Å². The monoisotopic (exact) mass is 451 g/mol. The van der Waals surface area contributed by atoms with E-state index >= 15 is 0 Å². The van der Waals surface area contributed by atoms with Crippen LogP contribution in [0.1, 0.15) is 57.2 Å². The number of hydrogen-bond acceptors (Lipinski definition) is 4. The Balaban J connectivity index is 2.29. The highest BCUT2D eigenvalue weighted by Gasteiger charge is 2.31. The minimum Gasteiger partial charge on any atom is -0.460 e. The first-order valence-electron chi connectivity index (χ1n) is 10.2. The SMILES string of the molecule is Cc1cc(F)ccc1[C@@H](c1ccc(F)cc1F)[C@H](C)OC(=O)[C@H](C)NC(=O)OC(C)(C)C. The molecule has 0 unspecified atom stereocenters. The van der Waals surface area contributed by atoms with Crippen molar-refractivity contribution in [1.82, 2.24) is 5.32 Å². The van der Waals surface area contributed by atoms with Crippen LogP contribution in [-0.2, 0) is 14.3 Å². The van der Waals surface area contributed by atoms with Crippen LogP contribution in [0.3, 0.4) is 0 Å². The van der Waals surface area contributed by atoms with Gasteiger partial charge < -0.3 is 14.8 Å². The minimum atomic E-state index is -1.04. The van der Waals surface area contributed by atoms with Crippen molar-refractivity contribution in [1.29, 1.82) is 0 Å². The number of hydrogen-bond donors (Lipinski definition) is 1. The number of nitrogens with one attached hydrogen (secondary N) is 1. The number of esters is 1. The molecule has 0 saturated heterocycles. The van der Waals surface area contributed by atoms with Gasteiger partial charge in [0.05, 0.1) is 0 Å². The van der Waals surface area contributed by atoms with Gasteiger partial charge in [-0.05, 0) is 76.4 Å². The van der Waals surface area contributed by atoms with Crippen molar-refractivity contribution in [2.75, 3.05) is 0 Å². The lowest BCUT2D eigenvalue weighted by atomic mass is 9.84. The van der Waals surface area contributed by atoms with Crippen LogP contribution in [0, 0.1) is 24.4 Å². The van der Waals surface area contributed by atoms with E-state index < -0.39 is 53.2 Å². The molecule has 0 spiro atoms. The van der Waals surface area contributed by atoms with Crippen LogP contribution in [-0.4, -0.2) is 29.8 Å². The third-order valence-corrected chi connectivity index (χ3v) is 4.72. The molecule has 0 heterocycles. The number of carbonyl (C=O) groups excluding carboxylic acids is 2. The Morgan fingerprint density at radius 1 is 0.938 bits per heavy atom. The first kappa shape index (κ1) is 25.2. The zero-order valence-corrected chi connectivity index (χ0v) is 19.0. The van der Waals surface area contributed by atoms with Crippen molar-refractivity contribution in [3.63, 3.8) is 0 Å². The molecule has 0 bridgehead atoms. The van der Waals surface area contributed by atoms with Crippen LogP contribution in [0.15, 0.2) is 36.4 Å². The molecule has 0 aliphatic rings. The summed E-state index contributed by atoms with van der Waals surface area (Å²) in [5.74, 6) is -3.64. The molecule has 8 heteroatoms. The third kappa shape index (κ3) is 6.73. The zero-order chi connectivity index (χ0) is 24.2. The van der Waals surface area contributed by atoms with E-state index in [0.29, 0.717) is 11.1 Å². The molecule has 2 rings (SSSR count). The number of amides is 1. The average Bonchev–Trinajstić information content (AvgIpc) is 2.63. The highest BCUT2D eigenvalue weighted by atomic mass is 19.1. The number of rotatable bonds is 6. The van der Waals surface area contributed by atoms with Gasteiger partial charge in [0.1, 0.15) is 35.2 Å². The Hall–Kier alpha value is -3.03. The summed E-state index contributed by atoms with van der Waals surface area (Å²) in [7, 11) is 0. The summed E-state index contributed by atoms with van der Waals surface area (Å²) >= 11 is 0. The number of carbonyl (C=O) groups is 2. The Morgan fingerprint density at radius 3 is 2.03 bits per heavy atom. The van der Waals surface area contributed by atoms with Crippen LogP contribution < -0.4 is 5.32 Å². The molecule has 2 aromatic rings. The molecule has 0 fully saturated rings. The van der Waals surface area contributed by atoms with Crippen molar-refractivity contribution in [2.45, 2.75) is 65.2 Å². The second-order valence-electron chi connectivity index (χ2n) is 8.65. The minimum absolute atomic E-state index is 0.0918. The fourth-order valence-corrected chi connectivity index (χ4v) is 3.31. The lowest BCUT2D eigenvalue weighted by molar-refractivity contribution is -0.151. The van der Waals surface area contributed by atoms with Crippen molar-refractivity contribution in [3.8, 4) is 0 Å². The van der Waals surface area contributed by atoms with E-state index in [-0.39, 0.29) is 5.56 Å². The van der Waals surface area contributed by atoms with Crippen molar-refractivity contribution >= 4 is 12.1 Å². The lowest BCUT2D eigenvalue weighted by Gasteiger charge is -2.28. The van der Waals surface area contributed by atoms with E-state index in [4.69, 9.17) is 9.47 Å². The Bertz CT molecular complexity index is 936. The van der Waals surface area contributed by atoms with Gasteiger partial charge in [0.15, 0.2) is 0 Å². The molecular formula is C24H28F3NO4. The first-order valence-corrected chi connectivity index (χ1v) is 10.2. The molecular weight excluding hydrogens is 423 g/mol. The largest absolute Gasteiger partial charge is 0.460 e. The molecule has 0 radical (unpaired) electrons. The summed E-state index contributed by atoms with van der Waals surface area (Å²) in [6.45, 7) is 9.68. The van der Waals surface area contributed by atoms with Crippen LogP contribution in [0.25, 0.3) is 0 Å². The van der Waals surface area contributed by atoms with Gasteiger partial charge >= 0.3 is 12.1 Å². The molecule has 0 aromatic heterocycles. The fraction of sp³-hybridized carbons (Fsp3) is 0.417.